The van der Waals surface area contributed by atoms with Gasteiger partial charge < -0.3 is 10.6 Å². The van der Waals surface area contributed by atoms with E-state index in [9.17, 15) is 4.79 Å². The van der Waals surface area contributed by atoms with E-state index in [2.05, 4.69) is 15.6 Å². The van der Waals surface area contributed by atoms with Gasteiger partial charge in [0.25, 0.3) is 5.91 Å². The number of nitrogens with zero attached hydrogens (tertiary/aromatic N) is 2. The molecule has 0 atom stereocenters. The van der Waals surface area contributed by atoms with Gasteiger partial charge in [-0.05, 0) is 48.5 Å². The van der Waals surface area contributed by atoms with Crippen molar-refractivity contribution in [2.75, 3.05) is 10.6 Å². The highest BCUT2D eigenvalue weighted by Gasteiger charge is 2.09. The van der Waals surface area contributed by atoms with Gasteiger partial charge in [0.2, 0.25) is 0 Å². The molecule has 0 saturated heterocycles. The molecule has 26 heavy (non-hydrogen) atoms. The van der Waals surface area contributed by atoms with Crippen LogP contribution in [-0.4, -0.2) is 10.9 Å². The summed E-state index contributed by atoms with van der Waals surface area (Å²) in [6.07, 6.45) is 1.52. The van der Waals surface area contributed by atoms with E-state index in [1.165, 1.54) is 6.20 Å². The van der Waals surface area contributed by atoms with Crippen molar-refractivity contribution in [2.45, 2.75) is 0 Å². The van der Waals surface area contributed by atoms with Crippen molar-refractivity contribution in [3.05, 3.63) is 82.0 Å². The average molecular weight is 383 g/mol. The molecule has 0 bridgehead atoms. The summed E-state index contributed by atoms with van der Waals surface area (Å²) < 4.78 is 0. The van der Waals surface area contributed by atoms with Crippen molar-refractivity contribution in [3.63, 3.8) is 0 Å². The molecule has 0 aliphatic rings. The number of halogens is 2. The third-order valence-corrected chi connectivity index (χ3v) is 4.03. The van der Waals surface area contributed by atoms with Crippen molar-refractivity contribution < 1.29 is 4.79 Å². The van der Waals surface area contributed by atoms with Gasteiger partial charge >= 0.3 is 0 Å². The number of rotatable bonds is 4. The second-order valence-corrected chi connectivity index (χ2v) is 6.17. The van der Waals surface area contributed by atoms with Crippen LogP contribution in [0, 0.1) is 11.3 Å². The van der Waals surface area contributed by atoms with Crippen molar-refractivity contribution in [2.24, 2.45) is 0 Å². The summed E-state index contributed by atoms with van der Waals surface area (Å²) in [5.74, 6) is 0.135. The number of carbonyl (C=O) groups is 1. The molecule has 1 aromatic heterocycles. The molecular formula is C19H12Cl2N4O. The number of benzene rings is 2. The monoisotopic (exact) mass is 382 g/mol. The molecule has 0 radical (unpaired) electrons. The summed E-state index contributed by atoms with van der Waals surface area (Å²) in [6.45, 7) is 0. The van der Waals surface area contributed by atoms with Gasteiger partial charge in [-0.25, -0.2) is 4.98 Å². The standard InChI is InChI=1S/C19H12Cl2N4O/c20-14-4-5-16(21)17(10-14)25-18-9-13(6-7-23-18)19(26)24-15-3-1-2-12(8-15)11-22/h1-10H,(H,23,25)(H,24,26). The second-order valence-electron chi connectivity index (χ2n) is 5.33. The molecule has 0 fully saturated rings. The lowest BCUT2D eigenvalue weighted by molar-refractivity contribution is 0.102. The quantitative estimate of drug-likeness (QED) is 0.645. The fourth-order valence-electron chi connectivity index (χ4n) is 2.24. The molecular weight excluding hydrogens is 371 g/mol. The van der Waals surface area contributed by atoms with Crippen LogP contribution in [-0.2, 0) is 0 Å². The van der Waals surface area contributed by atoms with Gasteiger partial charge in [-0.15, -0.1) is 0 Å². The van der Waals surface area contributed by atoms with E-state index < -0.39 is 0 Å². The number of amides is 1. The highest BCUT2D eigenvalue weighted by molar-refractivity contribution is 6.35. The van der Waals surface area contributed by atoms with Crippen LogP contribution in [0.15, 0.2) is 60.8 Å². The minimum Gasteiger partial charge on any atom is -0.339 e. The number of carbonyl (C=O) groups excluding carboxylic acids is 1. The fourth-order valence-corrected chi connectivity index (χ4v) is 2.58. The SMILES string of the molecule is N#Cc1cccc(NC(=O)c2ccnc(Nc3cc(Cl)ccc3Cl)c2)c1. The fraction of sp³-hybridized carbons (Fsp3) is 0. The first-order chi connectivity index (χ1) is 12.5. The van der Waals surface area contributed by atoms with Crippen LogP contribution < -0.4 is 10.6 Å². The minimum atomic E-state index is -0.317. The predicted molar refractivity (Wildman–Crippen MR) is 103 cm³/mol. The van der Waals surface area contributed by atoms with Crippen LogP contribution in [0.25, 0.3) is 0 Å². The molecule has 0 spiro atoms. The topological polar surface area (TPSA) is 77.8 Å². The average Bonchev–Trinajstić information content (AvgIpc) is 2.65. The molecule has 1 heterocycles. The Balaban J connectivity index is 1.79. The van der Waals surface area contributed by atoms with E-state index >= 15 is 0 Å². The maximum atomic E-state index is 12.4. The Kier molecular flexibility index (Phi) is 5.37. The first kappa shape index (κ1) is 17.7. The van der Waals surface area contributed by atoms with Crippen LogP contribution in [0.2, 0.25) is 10.0 Å². The van der Waals surface area contributed by atoms with E-state index in [-0.39, 0.29) is 5.91 Å². The third kappa shape index (κ3) is 4.31. The molecule has 0 unspecified atom stereocenters. The lowest BCUT2D eigenvalue weighted by Crippen LogP contribution is -2.12. The Morgan fingerprint density at radius 3 is 2.73 bits per heavy atom. The van der Waals surface area contributed by atoms with Crippen LogP contribution in [0.1, 0.15) is 15.9 Å². The molecule has 2 aromatic carbocycles. The van der Waals surface area contributed by atoms with Gasteiger partial charge in [0, 0.05) is 22.5 Å². The number of hydrogen-bond acceptors (Lipinski definition) is 4. The molecule has 3 rings (SSSR count). The molecule has 128 valence electrons. The van der Waals surface area contributed by atoms with Crippen molar-refractivity contribution in [1.29, 1.82) is 5.26 Å². The zero-order valence-corrected chi connectivity index (χ0v) is 14.8. The van der Waals surface area contributed by atoms with Gasteiger partial charge in [-0.3, -0.25) is 4.79 Å². The third-order valence-electron chi connectivity index (χ3n) is 3.46. The Labute approximate surface area is 160 Å². The van der Waals surface area contributed by atoms with Crippen molar-refractivity contribution >= 4 is 46.3 Å². The smallest absolute Gasteiger partial charge is 0.255 e. The summed E-state index contributed by atoms with van der Waals surface area (Å²) in [4.78, 5) is 16.6. The van der Waals surface area contributed by atoms with Gasteiger partial charge in [0.1, 0.15) is 5.82 Å². The minimum absolute atomic E-state index is 0.317. The Morgan fingerprint density at radius 1 is 1.08 bits per heavy atom. The van der Waals surface area contributed by atoms with E-state index in [1.54, 1.807) is 54.6 Å². The molecule has 0 saturated carbocycles. The number of nitrogens with one attached hydrogen (secondary N) is 2. The van der Waals surface area contributed by atoms with E-state index in [0.29, 0.717) is 38.4 Å². The molecule has 3 aromatic rings. The zero-order valence-electron chi connectivity index (χ0n) is 13.3. The van der Waals surface area contributed by atoms with Gasteiger partial charge in [0.05, 0.1) is 22.3 Å². The largest absolute Gasteiger partial charge is 0.339 e. The number of hydrogen-bond donors (Lipinski definition) is 2. The summed E-state index contributed by atoms with van der Waals surface area (Å²) in [7, 11) is 0. The maximum absolute atomic E-state index is 12.4. The van der Waals surface area contributed by atoms with Gasteiger partial charge in [-0.1, -0.05) is 29.3 Å². The van der Waals surface area contributed by atoms with Crippen molar-refractivity contribution in [1.82, 2.24) is 4.98 Å². The first-order valence-electron chi connectivity index (χ1n) is 7.55. The maximum Gasteiger partial charge on any atom is 0.255 e. The molecule has 7 heteroatoms. The highest BCUT2D eigenvalue weighted by Crippen LogP contribution is 2.28. The normalized spacial score (nSPS) is 10.0. The lowest BCUT2D eigenvalue weighted by Gasteiger charge is -2.10. The number of nitriles is 1. The molecule has 0 aliphatic carbocycles. The lowest BCUT2D eigenvalue weighted by atomic mass is 10.2. The summed E-state index contributed by atoms with van der Waals surface area (Å²) in [5.41, 5.74) is 2.00. The molecule has 1 amide bonds. The van der Waals surface area contributed by atoms with Crippen LogP contribution in [0.4, 0.5) is 17.2 Å². The first-order valence-corrected chi connectivity index (χ1v) is 8.30. The van der Waals surface area contributed by atoms with Crippen molar-refractivity contribution in [3.8, 4) is 6.07 Å². The summed E-state index contributed by atoms with van der Waals surface area (Å²) >= 11 is 12.1. The summed E-state index contributed by atoms with van der Waals surface area (Å²) in [6, 6.07) is 16.9. The van der Waals surface area contributed by atoms with E-state index in [0.717, 1.165) is 0 Å². The Bertz CT molecular complexity index is 1010. The Hall–Kier alpha value is -3.07. The second kappa shape index (κ2) is 7.87. The Morgan fingerprint density at radius 2 is 1.92 bits per heavy atom. The van der Waals surface area contributed by atoms with Crippen LogP contribution in [0.3, 0.4) is 0 Å². The van der Waals surface area contributed by atoms with E-state index in [1.807, 2.05) is 6.07 Å². The molecule has 5 nitrogen and oxygen atoms in total. The van der Waals surface area contributed by atoms with Crippen LogP contribution >= 0.6 is 23.2 Å². The number of pyridine rings is 1. The summed E-state index contributed by atoms with van der Waals surface area (Å²) in [5, 5.41) is 15.7. The predicted octanol–water partition coefficient (Wildman–Crippen LogP) is 5.26. The number of anilines is 3. The molecule has 0 aliphatic heterocycles. The highest BCUT2D eigenvalue weighted by atomic mass is 35.5. The molecule has 2 N–H and O–H groups in total. The van der Waals surface area contributed by atoms with E-state index in [4.69, 9.17) is 28.5 Å². The number of aromatic nitrogens is 1. The zero-order chi connectivity index (χ0) is 18.5. The van der Waals surface area contributed by atoms with Gasteiger partial charge in [-0.2, -0.15) is 5.26 Å². The van der Waals surface area contributed by atoms with Crippen LogP contribution in [0.5, 0.6) is 0 Å². The van der Waals surface area contributed by atoms with Gasteiger partial charge in [0.15, 0.2) is 0 Å².